The van der Waals surface area contributed by atoms with Crippen molar-refractivity contribution >= 4 is 5.91 Å². The Morgan fingerprint density at radius 2 is 1.67 bits per heavy atom. The molecule has 0 aliphatic carbocycles. The van der Waals surface area contributed by atoms with Crippen LogP contribution in [0.15, 0.2) is 48.5 Å². The van der Waals surface area contributed by atoms with Crippen molar-refractivity contribution in [1.29, 1.82) is 5.26 Å². The van der Waals surface area contributed by atoms with Crippen LogP contribution in [0.2, 0.25) is 0 Å². The summed E-state index contributed by atoms with van der Waals surface area (Å²) in [5.74, 6) is 1.26. The number of hydrogen-bond donors (Lipinski definition) is 1. The van der Waals surface area contributed by atoms with Crippen LogP contribution < -0.4 is 10.1 Å². The molecule has 0 bridgehead atoms. The fourth-order valence-corrected chi connectivity index (χ4v) is 1.75. The number of carbonyl (C=O) groups excluding carboxylic acids is 1. The molecule has 0 radical (unpaired) electrons. The molecule has 4 nitrogen and oxygen atoms in total. The topological polar surface area (TPSA) is 62.1 Å². The average molecular weight is 280 g/mol. The van der Waals surface area contributed by atoms with Gasteiger partial charge in [0, 0.05) is 6.54 Å². The van der Waals surface area contributed by atoms with Crippen LogP contribution in [0.4, 0.5) is 0 Å². The minimum atomic E-state index is -0.266. The summed E-state index contributed by atoms with van der Waals surface area (Å²) in [4.78, 5) is 11.2. The number of rotatable bonds is 5. The van der Waals surface area contributed by atoms with Crippen LogP contribution in [0.5, 0.6) is 11.5 Å². The van der Waals surface area contributed by atoms with Crippen molar-refractivity contribution in [1.82, 2.24) is 5.32 Å². The molecule has 0 atom stereocenters. The molecule has 0 saturated heterocycles. The Morgan fingerprint density at radius 3 is 2.24 bits per heavy atom. The molecule has 4 heteroatoms. The first kappa shape index (κ1) is 14.6. The number of nitrogens with zero attached hydrogens (tertiary/aromatic N) is 1. The average Bonchev–Trinajstić information content (AvgIpc) is 2.49. The minimum Gasteiger partial charge on any atom is -0.457 e. The second-order valence-corrected chi connectivity index (χ2v) is 4.67. The summed E-state index contributed by atoms with van der Waals surface area (Å²) < 4.78 is 5.72. The Morgan fingerprint density at radius 1 is 1.10 bits per heavy atom. The largest absolute Gasteiger partial charge is 0.457 e. The summed E-state index contributed by atoms with van der Waals surface area (Å²) in [7, 11) is 0. The van der Waals surface area contributed by atoms with Crippen molar-refractivity contribution in [3.05, 3.63) is 59.7 Å². The van der Waals surface area contributed by atoms with Gasteiger partial charge in [-0.25, -0.2) is 0 Å². The predicted octanol–water partition coefficient (Wildman–Crippen LogP) is 3.32. The van der Waals surface area contributed by atoms with Gasteiger partial charge in [0.05, 0.1) is 6.07 Å². The number of hydrogen-bond acceptors (Lipinski definition) is 3. The lowest BCUT2D eigenvalue weighted by atomic mass is 10.2. The smallest absolute Gasteiger partial charge is 0.234 e. The zero-order valence-electron chi connectivity index (χ0n) is 11.8. The molecule has 106 valence electrons. The number of nitrogens with one attached hydrogen (secondary N) is 1. The van der Waals surface area contributed by atoms with Gasteiger partial charge in [0.25, 0.3) is 0 Å². The van der Waals surface area contributed by atoms with E-state index in [1.165, 1.54) is 5.56 Å². The molecule has 0 aromatic heterocycles. The first-order valence-electron chi connectivity index (χ1n) is 6.64. The highest BCUT2D eigenvalue weighted by atomic mass is 16.5. The van der Waals surface area contributed by atoms with Gasteiger partial charge in [-0.05, 0) is 36.8 Å². The molecular formula is C17H16N2O2. The first-order chi connectivity index (χ1) is 10.2. The Balaban J connectivity index is 1.91. The monoisotopic (exact) mass is 280 g/mol. The fraction of sp³-hybridized carbons (Fsp3) is 0.176. The molecule has 21 heavy (non-hydrogen) atoms. The van der Waals surface area contributed by atoms with Crippen molar-refractivity contribution in [2.45, 2.75) is 19.9 Å². The maximum Gasteiger partial charge on any atom is 0.234 e. The molecule has 0 saturated carbocycles. The van der Waals surface area contributed by atoms with Gasteiger partial charge in [-0.2, -0.15) is 5.26 Å². The molecule has 0 aliphatic heterocycles. The SMILES string of the molecule is Cc1ccc(Oc2ccc(CNC(=O)CC#N)cc2)cc1. The van der Waals surface area contributed by atoms with Crippen LogP contribution >= 0.6 is 0 Å². The molecule has 1 N–H and O–H groups in total. The summed E-state index contributed by atoms with van der Waals surface area (Å²) in [6.45, 7) is 2.44. The van der Waals surface area contributed by atoms with Crippen LogP contribution in [0.3, 0.4) is 0 Å². The highest BCUT2D eigenvalue weighted by Gasteiger charge is 2.01. The van der Waals surface area contributed by atoms with Gasteiger partial charge >= 0.3 is 0 Å². The Labute approximate surface area is 124 Å². The number of carbonyl (C=O) groups is 1. The maximum absolute atomic E-state index is 11.2. The molecular weight excluding hydrogens is 264 g/mol. The normalized spacial score (nSPS) is 9.71. The maximum atomic E-state index is 11.2. The first-order valence-corrected chi connectivity index (χ1v) is 6.64. The Kier molecular flexibility index (Phi) is 4.94. The summed E-state index contributed by atoms with van der Waals surface area (Å²) in [5, 5.41) is 11.1. The number of aryl methyl sites for hydroxylation is 1. The van der Waals surface area contributed by atoms with Gasteiger partial charge < -0.3 is 10.1 Å². The van der Waals surface area contributed by atoms with E-state index < -0.39 is 0 Å². The summed E-state index contributed by atoms with van der Waals surface area (Å²) in [6, 6.07) is 17.1. The van der Waals surface area contributed by atoms with E-state index in [9.17, 15) is 4.79 Å². The molecule has 2 rings (SSSR count). The van der Waals surface area contributed by atoms with Crippen molar-refractivity contribution in [3.8, 4) is 17.6 Å². The van der Waals surface area contributed by atoms with E-state index in [1.807, 2.05) is 61.5 Å². The highest BCUT2D eigenvalue weighted by Crippen LogP contribution is 2.21. The van der Waals surface area contributed by atoms with Crippen molar-refractivity contribution in [2.24, 2.45) is 0 Å². The van der Waals surface area contributed by atoms with E-state index in [0.29, 0.717) is 6.54 Å². The minimum absolute atomic E-state index is 0.116. The molecule has 0 fully saturated rings. The molecule has 0 aliphatic rings. The second kappa shape index (κ2) is 7.11. The van der Waals surface area contributed by atoms with E-state index in [4.69, 9.17) is 10.00 Å². The second-order valence-electron chi connectivity index (χ2n) is 4.67. The van der Waals surface area contributed by atoms with E-state index >= 15 is 0 Å². The van der Waals surface area contributed by atoms with Crippen molar-refractivity contribution < 1.29 is 9.53 Å². The highest BCUT2D eigenvalue weighted by molar-refractivity contribution is 5.77. The summed E-state index contributed by atoms with van der Waals surface area (Å²) in [6.07, 6.45) is -0.116. The molecule has 2 aromatic rings. The van der Waals surface area contributed by atoms with Gasteiger partial charge in [0.2, 0.25) is 5.91 Å². The lowest BCUT2D eigenvalue weighted by Gasteiger charge is -2.07. The molecule has 1 amide bonds. The number of ether oxygens (including phenoxy) is 1. The summed E-state index contributed by atoms with van der Waals surface area (Å²) in [5.41, 5.74) is 2.14. The van der Waals surface area contributed by atoms with E-state index in [-0.39, 0.29) is 12.3 Å². The van der Waals surface area contributed by atoms with Gasteiger partial charge in [-0.15, -0.1) is 0 Å². The Bertz CT molecular complexity index is 640. The van der Waals surface area contributed by atoms with E-state index in [1.54, 1.807) is 0 Å². The van der Waals surface area contributed by atoms with Crippen LogP contribution in [0.1, 0.15) is 17.5 Å². The third kappa shape index (κ3) is 4.66. The number of amides is 1. The van der Waals surface area contributed by atoms with Crippen molar-refractivity contribution in [3.63, 3.8) is 0 Å². The molecule has 0 spiro atoms. The fourth-order valence-electron chi connectivity index (χ4n) is 1.75. The zero-order chi connectivity index (χ0) is 15.1. The van der Waals surface area contributed by atoms with E-state index in [2.05, 4.69) is 5.32 Å². The number of nitriles is 1. The predicted molar refractivity (Wildman–Crippen MR) is 79.8 cm³/mol. The molecule has 0 heterocycles. The van der Waals surface area contributed by atoms with Crippen LogP contribution in [0.25, 0.3) is 0 Å². The molecule has 0 unspecified atom stereocenters. The van der Waals surface area contributed by atoms with Gasteiger partial charge in [0.15, 0.2) is 0 Å². The zero-order valence-corrected chi connectivity index (χ0v) is 11.8. The Hall–Kier alpha value is -2.80. The van der Waals surface area contributed by atoms with Crippen LogP contribution in [0, 0.1) is 18.3 Å². The summed E-state index contributed by atoms with van der Waals surface area (Å²) >= 11 is 0. The quantitative estimate of drug-likeness (QED) is 0.913. The third-order valence-electron chi connectivity index (χ3n) is 2.91. The number of benzene rings is 2. The van der Waals surface area contributed by atoms with Gasteiger partial charge in [-0.3, -0.25) is 4.79 Å². The third-order valence-corrected chi connectivity index (χ3v) is 2.91. The standard InChI is InChI=1S/C17H16N2O2/c1-13-2-6-15(7-3-13)21-16-8-4-14(5-9-16)12-19-17(20)10-11-18/h2-9H,10,12H2,1H3,(H,19,20). The van der Waals surface area contributed by atoms with Gasteiger partial charge in [-0.1, -0.05) is 29.8 Å². The van der Waals surface area contributed by atoms with Crippen molar-refractivity contribution in [2.75, 3.05) is 0 Å². The molecule has 2 aromatic carbocycles. The van der Waals surface area contributed by atoms with Crippen LogP contribution in [-0.4, -0.2) is 5.91 Å². The lowest BCUT2D eigenvalue weighted by Crippen LogP contribution is -2.21. The van der Waals surface area contributed by atoms with E-state index in [0.717, 1.165) is 17.1 Å². The van der Waals surface area contributed by atoms with Crippen LogP contribution in [-0.2, 0) is 11.3 Å². The van der Waals surface area contributed by atoms with Gasteiger partial charge in [0.1, 0.15) is 17.9 Å². The lowest BCUT2D eigenvalue weighted by molar-refractivity contribution is -0.120.